The Bertz CT molecular complexity index is 312. The summed E-state index contributed by atoms with van der Waals surface area (Å²) < 4.78 is 0. The van der Waals surface area contributed by atoms with Crippen molar-refractivity contribution in [3.05, 3.63) is 40.8 Å². The van der Waals surface area contributed by atoms with Gasteiger partial charge in [-0.15, -0.1) is 5.73 Å². The summed E-state index contributed by atoms with van der Waals surface area (Å²) in [6.07, 6.45) is 8.65. The summed E-state index contributed by atoms with van der Waals surface area (Å²) in [5, 5.41) is 3.34. The minimum Gasteiger partial charge on any atom is -0.384 e. The smallest absolute Gasteiger partial charge is 0.0451 e. The van der Waals surface area contributed by atoms with Crippen LogP contribution in [-0.2, 0) is 0 Å². The van der Waals surface area contributed by atoms with Gasteiger partial charge in [0.1, 0.15) is 0 Å². The lowest BCUT2D eigenvalue weighted by molar-refractivity contribution is 0.888. The molecular weight excluding hydrogens is 146 g/mol. The van der Waals surface area contributed by atoms with E-state index in [1.807, 2.05) is 6.08 Å². The Balaban J connectivity index is 2.39. The third-order valence-corrected chi connectivity index (χ3v) is 2.32. The quantitative estimate of drug-likeness (QED) is 0.579. The van der Waals surface area contributed by atoms with E-state index in [0.717, 1.165) is 19.4 Å². The Hall–Kier alpha value is -1.20. The van der Waals surface area contributed by atoms with E-state index >= 15 is 0 Å². The first-order valence-corrected chi connectivity index (χ1v) is 4.50. The summed E-state index contributed by atoms with van der Waals surface area (Å²) in [5.74, 6) is 0. The number of hydrogen-bond donors (Lipinski definition) is 1. The lowest BCUT2D eigenvalue weighted by atomic mass is 10.1. The predicted octanol–water partition coefficient (Wildman–Crippen LogP) is 2.30. The van der Waals surface area contributed by atoms with Gasteiger partial charge in [-0.1, -0.05) is 13.0 Å². The molecule has 0 saturated carbocycles. The topological polar surface area (TPSA) is 12.0 Å². The molecule has 0 fully saturated rings. The second kappa shape index (κ2) is 3.04. The van der Waals surface area contributed by atoms with E-state index in [2.05, 4.69) is 30.1 Å². The summed E-state index contributed by atoms with van der Waals surface area (Å²) >= 11 is 0. The van der Waals surface area contributed by atoms with Gasteiger partial charge in [-0.25, -0.2) is 0 Å². The molecule has 1 nitrogen and oxygen atoms in total. The fourth-order valence-corrected chi connectivity index (χ4v) is 1.58. The van der Waals surface area contributed by atoms with E-state index in [4.69, 9.17) is 0 Å². The van der Waals surface area contributed by atoms with Crippen LogP contribution in [-0.4, -0.2) is 6.54 Å². The Morgan fingerprint density at radius 1 is 1.50 bits per heavy atom. The average molecular weight is 159 g/mol. The van der Waals surface area contributed by atoms with Crippen LogP contribution in [0.5, 0.6) is 0 Å². The number of hydrogen-bond acceptors (Lipinski definition) is 1. The second-order valence-electron chi connectivity index (χ2n) is 3.14. The Morgan fingerprint density at radius 2 is 2.42 bits per heavy atom. The molecule has 0 atom stereocenters. The highest BCUT2D eigenvalue weighted by atomic mass is 14.9. The second-order valence-corrected chi connectivity index (χ2v) is 3.14. The van der Waals surface area contributed by atoms with Crippen molar-refractivity contribution in [2.45, 2.75) is 19.8 Å². The number of nitrogens with one attached hydrogen (secondary N) is 1. The van der Waals surface area contributed by atoms with Crippen LogP contribution in [0.15, 0.2) is 40.8 Å². The SMILES string of the molecule is CCC1=CC2=C(C=C=C1)NCC2. The molecule has 2 rings (SSSR count). The molecule has 0 saturated heterocycles. The zero-order chi connectivity index (χ0) is 8.39. The molecule has 2 aliphatic rings. The minimum absolute atomic E-state index is 1.08. The summed E-state index contributed by atoms with van der Waals surface area (Å²) in [5.41, 5.74) is 7.25. The first-order chi connectivity index (χ1) is 5.90. The Morgan fingerprint density at radius 3 is 3.25 bits per heavy atom. The van der Waals surface area contributed by atoms with Gasteiger partial charge in [0, 0.05) is 18.3 Å². The summed E-state index contributed by atoms with van der Waals surface area (Å²) in [6, 6.07) is 0. The highest BCUT2D eigenvalue weighted by Crippen LogP contribution is 2.20. The van der Waals surface area contributed by atoms with E-state index < -0.39 is 0 Å². The van der Waals surface area contributed by atoms with Crippen molar-refractivity contribution in [1.29, 1.82) is 0 Å². The zero-order valence-electron chi connectivity index (χ0n) is 7.35. The number of rotatable bonds is 1. The standard InChI is InChI=1S/C11H13N/c1-2-9-4-3-5-11-10(8-9)6-7-12-11/h4-5,8,12H,2,6-7H2,1H3. The highest BCUT2D eigenvalue weighted by molar-refractivity contribution is 5.42. The summed E-state index contributed by atoms with van der Waals surface area (Å²) in [4.78, 5) is 0. The summed E-state index contributed by atoms with van der Waals surface area (Å²) in [6.45, 7) is 3.26. The molecule has 1 heterocycles. The predicted molar refractivity (Wildman–Crippen MR) is 50.7 cm³/mol. The van der Waals surface area contributed by atoms with Gasteiger partial charge in [-0.2, -0.15) is 0 Å². The number of allylic oxidation sites excluding steroid dienone is 3. The van der Waals surface area contributed by atoms with Gasteiger partial charge in [0.05, 0.1) is 0 Å². The molecular formula is C11H13N. The molecule has 1 N–H and O–H groups in total. The largest absolute Gasteiger partial charge is 0.384 e. The van der Waals surface area contributed by atoms with Crippen molar-refractivity contribution < 1.29 is 0 Å². The van der Waals surface area contributed by atoms with Crippen molar-refractivity contribution in [3.63, 3.8) is 0 Å². The van der Waals surface area contributed by atoms with Crippen LogP contribution < -0.4 is 5.32 Å². The van der Waals surface area contributed by atoms with Gasteiger partial charge < -0.3 is 5.32 Å². The van der Waals surface area contributed by atoms with E-state index in [0.29, 0.717) is 0 Å². The molecule has 0 amide bonds. The van der Waals surface area contributed by atoms with Crippen molar-refractivity contribution >= 4 is 0 Å². The van der Waals surface area contributed by atoms with Crippen molar-refractivity contribution in [2.24, 2.45) is 0 Å². The summed E-state index contributed by atoms with van der Waals surface area (Å²) in [7, 11) is 0. The molecule has 0 aromatic heterocycles. The van der Waals surface area contributed by atoms with Crippen LogP contribution >= 0.6 is 0 Å². The third kappa shape index (κ3) is 1.24. The lowest BCUT2D eigenvalue weighted by Gasteiger charge is -1.96. The van der Waals surface area contributed by atoms with Gasteiger partial charge in [0.25, 0.3) is 0 Å². The zero-order valence-corrected chi connectivity index (χ0v) is 7.35. The van der Waals surface area contributed by atoms with Crippen LogP contribution in [0.4, 0.5) is 0 Å². The minimum atomic E-state index is 1.08. The normalized spacial score (nSPS) is 20.2. The molecule has 1 aliphatic heterocycles. The highest BCUT2D eigenvalue weighted by Gasteiger charge is 2.10. The van der Waals surface area contributed by atoms with Gasteiger partial charge in [-0.3, -0.25) is 0 Å². The first kappa shape index (κ1) is 7.45. The maximum Gasteiger partial charge on any atom is 0.0451 e. The monoisotopic (exact) mass is 159 g/mol. The molecule has 0 aromatic rings. The molecule has 1 aliphatic carbocycles. The van der Waals surface area contributed by atoms with E-state index in [1.54, 1.807) is 0 Å². The van der Waals surface area contributed by atoms with Crippen molar-refractivity contribution in [2.75, 3.05) is 6.54 Å². The molecule has 12 heavy (non-hydrogen) atoms. The third-order valence-electron chi connectivity index (χ3n) is 2.32. The van der Waals surface area contributed by atoms with Crippen LogP contribution in [0.1, 0.15) is 19.8 Å². The van der Waals surface area contributed by atoms with Crippen LogP contribution in [0.25, 0.3) is 0 Å². The van der Waals surface area contributed by atoms with Crippen LogP contribution in [0, 0.1) is 0 Å². The van der Waals surface area contributed by atoms with E-state index in [1.165, 1.54) is 16.8 Å². The van der Waals surface area contributed by atoms with Gasteiger partial charge in [-0.05, 0) is 30.1 Å². The Labute approximate surface area is 73.2 Å². The van der Waals surface area contributed by atoms with Gasteiger partial charge >= 0.3 is 0 Å². The average Bonchev–Trinajstić information content (AvgIpc) is 2.43. The molecule has 0 spiro atoms. The van der Waals surface area contributed by atoms with Crippen LogP contribution in [0.2, 0.25) is 0 Å². The maximum absolute atomic E-state index is 3.34. The lowest BCUT2D eigenvalue weighted by Crippen LogP contribution is -2.04. The van der Waals surface area contributed by atoms with Crippen LogP contribution in [0.3, 0.4) is 0 Å². The maximum atomic E-state index is 3.34. The van der Waals surface area contributed by atoms with Gasteiger partial charge in [0.15, 0.2) is 0 Å². The Kier molecular flexibility index (Phi) is 1.89. The van der Waals surface area contributed by atoms with E-state index in [-0.39, 0.29) is 0 Å². The van der Waals surface area contributed by atoms with Gasteiger partial charge in [0.2, 0.25) is 0 Å². The van der Waals surface area contributed by atoms with Crippen molar-refractivity contribution in [1.82, 2.24) is 5.32 Å². The molecule has 62 valence electrons. The molecule has 0 unspecified atom stereocenters. The molecule has 0 radical (unpaired) electrons. The van der Waals surface area contributed by atoms with Crippen molar-refractivity contribution in [3.8, 4) is 0 Å². The fraction of sp³-hybridized carbons (Fsp3) is 0.364. The molecule has 0 aromatic carbocycles. The molecule has 1 heteroatoms. The first-order valence-electron chi connectivity index (χ1n) is 4.50. The van der Waals surface area contributed by atoms with E-state index in [9.17, 15) is 0 Å². The molecule has 0 bridgehead atoms. The fourth-order valence-electron chi connectivity index (χ4n) is 1.58.